The van der Waals surface area contributed by atoms with Crippen LogP contribution in [0.2, 0.25) is 5.02 Å². The van der Waals surface area contributed by atoms with E-state index >= 15 is 0 Å². The number of aliphatic hydroxyl groups is 1. The van der Waals surface area contributed by atoms with Crippen LogP contribution in [-0.2, 0) is 5.41 Å². The molecule has 0 bridgehead atoms. The van der Waals surface area contributed by atoms with Crippen LogP contribution < -0.4 is 4.74 Å². The van der Waals surface area contributed by atoms with Crippen LogP contribution in [0.1, 0.15) is 25.8 Å². The summed E-state index contributed by atoms with van der Waals surface area (Å²) >= 11 is 6.14. The van der Waals surface area contributed by atoms with Crippen molar-refractivity contribution in [1.29, 1.82) is 0 Å². The molecule has 0 saturated heterocycles. The Morgan fingerprint density at radius 2 is 2.25 bits per heavy atom. The van der Waals surface area contributed by atoms with Crippen LogP contribution >= 0.6 is 11.6 Å². The first-order chi connectivity index (χ1) is 7.64. The third-order valence-electron chi connectivity index (χ3n) is 3.54. The Balaban J connectivity index is 2.28. The van der Waals surface area contributed by atoms with E-state index < -0.39 is 0 Å². The molecule has 1 aliphatic carbocycles. The fourth-order valence-corrected chi connectivity index (χ4v) is 2.52. The molecule has 3 heteroatoms. The first kappa shape index (κ1) is 11.7. The summed E-state index contributed by atoms with van der Waals surface area (Å²) in [7, 11) is 0. The molecule has 0 aromatic heterocycles. The first-order valence-electron chi connectivity index (χ1n) is 5.67. The lowest BCUT2D eigenvalue weighted by Crippen LogP contribution is -2.14. The zero-order valence-corrected chi connectivity index (χ0v) is 10.4. The lowest BCUT2D eigenvalue weighted by molar-refractivity contribution is 0.247. The summed E-state index contributed by atoms with van der Waals surface area (Å²) in [6.45, 7) is 4.89. The molecule has 1 fully saturated rings. The molecule has 88 valence electrons. The summed E-state index contributed by atoms with van der Waals surface area (Å²) in [6, 6.07) is 5.83. The fourth-order valence-electron chi connectivity index (χ4n) is 2.28. The number of hydrogen-bond donors (Lipinski definition) is 1. The van der Waals surface area contributed by atoms with Crippen molar-refractivity contribution in [2.45, 2.75) is 25.7 Å². The maximum Gasteiger partial charge on any atom is 0.137 e. The van der Waals surface area contributed by atoms with Gasteiger partial charge in [0.1, 0.15) is 5.75 Å². The molecule has 0 heterocycles. The van der Waals surface area contributed by atoms with E-state index in [4.69, 9.17) is 16.3 Å². The maximum absolute atomic E-state index is 9.47. The molecule has 1 aromatic carbocycles. The van der Waals surface area contributed by atoms with Crippen molar-refractivity contribution in [3.05, 3.63) is 28.8 Å². The maximum atomic E-state index is 9.47. The Morgan fingerprint density at radius 3 is 2.69 bits per heavy atom. The van der Waals surface area contributed by atoms with E-state index in [1.807, 2.05) is 25.1 Å². The molecule has 2 unspecified atom stereocenters. The third-order valence-corrected chi connectivity index (χ3v) is 3.84. The van der Waals surface area contributed by atoms with Crippen LogP contribution in [-0.4, -0.2) is 18.3 Å². The standard InChI is InChI=1S/C13H17ClO2/c1-3-16-12-5-4-10(6-11(12)14)13(8-15)7-9(13)2/h4-6,9,15H,3,7-8H2,1-2H3. The summed E-state index contributed by atoms with van der Waals surface area (Å²) in [5.74, 6) is 1.25. The smallest absolute Gasteiger partial charge is 0.137 e. The van der Waals surface area contributed by atoms with E-state index in [2.05, 4.69) is 6.92 Å². The number of ether oxygens (including phenoxy) is 1. The predicted molar refractivity (Wildman–Crippen MR) is 65.2 cm³/mol. The van der Waals surface area contributed by atoms with E-state index in [1.165, 1.54) is 0 Å². The molecule has 0 amide bonds. The van der Waals surface area contributed by atoms with Gasteiger partial charge in [-0.05, 0) is 37.0 Å². The Hall–Kier alpha value is -0.730. The molecule has 2 nitrogen and oxygen atoms in total. The fraction of sp³-hybridized carbons (Fsp3) is 0.538. The first-order valence-corrected chi connectivity index (χ1v) is 6.05. The van der Waals surface area contributed by atoms with Crippen molar-refractivity contribution in [3.63, 3.8) is 0 Å². The summed E-state index contributed by atoms with van der Waals surface area (Å²) < 4.78 is 5.39. The molecule has 1 saturated carbocycles. The lowest BCUT2D eigenvalue weighted by Gasteiger charge is -2.15. The minimum atomic E-state index is -0.0611. The van der Waals surface area contributed by atoms with Gasteiger partial charge in [-0.2, -0.15) is 0 Å². The van der Waals surface area contributed by atoms with Crippen LogP contribution in [0.25, 0.3) is 0 Å². The number of aliphatic hydroxyl groups excluding tert-OH is 1. The monoisotopic (exact) mass is 240 g/mol. The van der Waals surface area contributed by atoms with Gasteiger partial charge in [0, 0.05) is 5.41 Å². The second-order valence-electron chi connectivity index (χ2n) is 4.50. The average Bonchev–Trinajstić information content (AvgIpc) is 2.94. The minimum absolute atomic E-state index is 0.0611. The molecular formula is C13H17ClO2. The Bertz CT molecular complexity index is 388. The van der Waals surface area contributed by atoms with E-state index in [-0.39, 0.29) is 12.0 Å². The summed E-state index contributed by atoms with van der Waals surface area (Å²) in [5, 5.41) is 10.1. The second-order valence-corrected chi connectivity index (χ2v) is 4.90. The Morgan fingerprint density at radius 1 is 1.56 bits per heavy atom. The van der Waals surface area contributed by atoms with Crippen LogP contribution in [0.3, 0.4) is 0 Å². The van der Waals surface area contributed by atoms with Crippen molar-refractivity contribution in [1.82, 2.24) is 0 Å². The van der Waals surface area contributed by atoms with Gasteiger partial charge < -0.3 is 9.84 Å². The SMILES string of the molecule is CCOc1ccc(C2(CO)CC2C)cc1Cl. The van der Waals surface area contributed by atoms with Crippen LogP contribution in [0.5, 0.6) is 5.75 Å². The van der Waals surface area contributed by atoms with Crippen molar-refractivity contribution < 1.29 is 9.84 Å². The predicted octanol–water partition coefficient (Wildman–Crippen LogP) is 3.01. The van der Waals surface area contributed by atoms with Gasteiger partial charge >= 0.3 is 0 Å². The lowest BCUT2D eigenvalue weighted by atomic mass is 9.94. The number of rotatable bonds is 4. The molecular weight excluding hydrogens is 224 g/mol. The van der Waals surface area contributed by atoms with Crippen molar-refractivity contribution >= 4 is 11.6 Å². The third kappa shape index (κ3) is 1.80. The van der Waals surface area contributed by atoms with E-state index in [9.17, 15) is 5.11 Å². The zero-order chi connectivity index (χ0) is 11.8. The summed E-state index contributed by atoms with van der Waals surface area (Å²) in [5.41, 5.74) is 1.06. The molecule has 0 spiro atoms. The van der Waals surface area contributed by atoms with Gasteiger partial charge in [0.05, 0.1) is 18.2 Å². The second kappa shape index (κ2) is 4.27. The van der Waals surface area contributed by atoms with E-state index in [1.54, 1.807) is 0 Å². The highest BCUT2D eigenvalue weighted by molar-refractivity contribution is 6.32. The van der Waals surface area contributed by atoms with Crippen molar-refractivity contribution in [3.8, 4) is 5.75 Å². The highest BCUT2D eigenvalue weighted by Gasteiger charge is 2.51. The Labute approximate surface area is 101 Å². The summed E-state index contributed by atoms with van der Waals surface area (Å²) in [4.78, 5) is 0. The van der Waals surface area contributed by atoms with Crippen molar-refractivity contribution in [2.75, 3.05) is 13.2 Å². The average molecular weight is 241 g/mol. The highest BCUT2D eigenvalue weighted by Crippen LogP contribution is 2.54. The number of hydrogen-bond acceptors (Lipinski definition) is 2. The van der Waals surface area contributed by atoms with Gasteiger partial charge in [0.2, 0.25) is 0 Å². The van der Waals surface area contributed by atoms with Crippen molar-refractivity contribution in [2.24, 2.45) is 5.92 Å². The van der Waals surface area contributed by atoms with Crippen LogP contribution in [0, 0.1) is 5.92 Å². The zero-order valence-electron chi connectivity index (χ0n) is 9.66. The minimum Gasteiger partial charge on any atom is -0.492 e. The van der Waals surface area contributed by atoms with Gasteiger partial charge in [-0.15, -0.1) is 0 Å². The Kier molecular flexibility index (Phi) is 3.13. The quantitative estimate of drug-likeness (QED) is 0.877. The molecule has 16 heavy (non-hydrogen) atoms. The van der Waals surface area contributed by atoms with Gasteiger partial charge in [-0.1, -0.05) is 24.6 Å². The molecule has 2 rings (SSSR count). The van der Waals surface area contributed by atoms with Gasteiger partial charge in [0.25, 0.3) is 0 Å². The molecule has 1 aromatic rings. The normalized spacial score (nSPS) is 27.9. The van der Waals surface area contributed by atoms with Gasteiger partial charge in [0.15, 0.2) is 0 Å². The summed E-state index contributed by atoms with van der Waals surface area (Å²) in [6.07, 6.45) is 1.04. The number of benzene rings is 1. The number of halogens is 1. The molecule has 0 aliphatic heterocycles. The van der Waals surface area contributed by atoms with E-state index in [0.717, 1.165) is 12.0 Å². The van der Waals surface area contributed by atoms with Gasteiger partial charge in [-0.25, -0.2) is 0 Å². The largest absolute Gasteiger partial charge is 0.492 e. The molecule has 0 radical (unpaired) electrons. The highest BCUT2D eigenvalue weighted by atomic mass is 35.5. The topological polar surface area (TPSA) is 29.5 Å². The van der Waals surface area contributed by atoms with Gasteiger partial charge in [-0.3, -0.25) is 0 Å². The van der Waals surface area contributed by atoms with Crippen LogP contribution in [0.4, 0.5) is 0 Å². The molecule has 1 N–H and O–H groups in total. The van der Waals surface area contributed by atoms with E-state index in [0.29, 0.717) is 23.3 Å². The molecule has 1 aliphatic rings. The van der Waals surface area contributed by atoms with Crippen LogP contribution in [0.15, 0.2) is 18.2 Å². The molecule has 2 atom stereocenters.